The van der Waals surface area contributed by atoms with E-state index >= 15 is 0 Å². The molecule has 1 heterocycles. The topological polar surface area (TPSA) is 30.2 Å². The summed E-state index contributed by atoms with van der Waals surface area (Å²) in [6, 6.07) is 0. The van der Waals surface area contributed by atoms with E-state index in [4.69, 9.17) is 4.42 Å². The zero-order valence-corrected chi connectivity index (χ0v) is 15.8. The second-order valence-corrected chi connectivity index (χ2v) is 6.66. The molecule has 132 valence electrons. The van der Waals surface area contributed by atoms with Crippen LogP contribution in [0.3, 0.4) is 0 Å². The zero-order chi connectivity index (χ0) is 17.1. The van der Waals surface area contributed by atoms with Crippen LogP contribution in [0.4, 0.5) is 0 Å². The molecule has 0 aliphatic heterocycles. The average Bonchev–Trinajstić information content (AvgIpc) is 2.56. The third-order valence-electron chi connectivity index (χ3n) is 4.63. The first-order valence-corrected chi connectivity index (χ1v) is 9.86. The van der Waals surface area contributed by atoms with Gasteiger partial charge in [-0.25, -0.2) is 4.79 Å². The molecule has 1 aromatic heterocycles. The Hall–Kier alpha value is -1.05. The summed E-state index contributed by atoms with van der Waals surface area (Å²) in [5.74, 6) is 0.983. The Labute approximate surface area is 142 Å². The van der Waals surface area contributed by atoms with Crippen LogP contribution in [0.5, 0.6) is 0 Å². The van der Waals surface area contributed by atoms with Crippen molar-refractivity contribution in [3.63, 3.8) is 0 Å². The van der Waals surface area contributed by atoms with Crippen LogP contribution in [0.1, 0.15) is 102 Å². The first-order valence-electron chi connectivity index (χ1n) is 9.86. The standard InChI is InChI=1S/C21H36O2/c1-5-9-13-17-18(14-10-6-2)20(16-12-8-4)23-21(22)19(17)15-11-7-3/h5-16H2,1-4H3. The summed E-state index contributed by atoms with van der Waals surface area (Å²) in [7, 11) is 0. The molecule has 0 N–H and O–H groups in total. The molecule has 0 fully saturated rings. The summed E-state index contributed by atoms with van der Waals surface area (Å²) < 4.78 is 5.80. The Bertz CT molecular complexity index is 499. The van der Waals surface area contributed by atoms with Crippen LogP contribution < -0.4 is 5.63 Å². The van der Waals surface area contributed by atoms with Crippen LogP contribution in [0, 0.1) is 0 Å². The lowest BCUT2D eigenvalue weighted by Gasteiger charge is -2.17. The summed E-state index contributed by atoms with van der Waals surface area (Å²) in [6.07, 6.45) is 13.0. The van der Waals surface area contributed by atoms with Gasteiger partial charge in [0.1, 0.15) is 5.76 Å². The van der Waals surface area contributed by atoms with Gasteiger partial charge >= 0.3 is 5.63 Å². The van der Waals surface area contributed by atoms with Crippen LogP contribution in [-0.2, 0) is 25.7 Å². The fraction of sp³-hybridized carbons (Fsp3) is 0.762. The van der Waals surface area contributed by atoms with Crippen LogP contribution in [0.25, 0.3) is 0 Å². The van der Waals surface area contributed by atoms with Gasteiger partial charge in [0.15, 0.2) is 0 Å². The maximum Gasteiger partial charge on any atom is 0.339 e. The van der Waals surface area contributed by atoms with E-state index in [1.807, 2.05) is 0 Å². The van der Waals surface area contributed by atoms with Crippen molar-refractivity contribution in [1.82, 2.24) is 0 Å². The monoisotopic (exact) mass is 320 g/mol. The molecule has 0 saturated carbocycles. The van der Waals surface area contributed by atoms with Gasteiger partial charge < -0.3 is 4.42 Å². The van der Waals surface area contributed by atoms with E-state index in [-0.39, 0.29) is 5.63 Å². The molecule has 1 rings (SSSR count). The molecule has 0 atom stereocenters. The van der Waals surface area contributed by atoms with E-state index in [0.717, 1.165) is 69.1 Å². The third-order valence-corrected chi connectivity index (χ3v) is 4.63. The molecule has 0 spiro atoms. The minimum atomic E-state index is -0.0593. The number of aryl methyl sites for hydroxylation is 1. The smallest absolute Gasteiger partial charge is 0.339 e. The largest absolute Gasteiger partial charge is 0.427 e. The molecule has 2 heteroatoms. The van der Waals surface area contributed by atoms with Gasteiger partial charge in [0.25, 0.3) is 0 Å². The molecule has 0 saturated heterocycles. The van der Waals surface area contributed by atoms with Gasteiger partial charge in [-0.1, -0.05) is 53.4 Å². The van der Waals surface area contributed by atoms with Crippen LogP contribution in [0.2, 0.25) is 0 Å². The summed E-state index contributed by atoms with van der Waals surface area (Å²) in [5.41, 5.74) is 3.64. The zero-order valence-electron chi connectivity index (χ0n) is 15.8. The van der Waals surface area contributed by atoms with Crippen molar-refractivity contribution in [2.45, 2.75) is 105 Å². The lowest BCUT2D eigenvalue weighted by atomic mass is 9.90. The Morgan fingerprint density at radius 1 is 0.609 bits per heavy atom. The molecule has 1 aromatic rings. The van der Waals surface area contributed by atoms with Crippen molar-refractivity contribution in [2.75, 3.05) is 0 Å². The molecule has 2 nitrogen and oxygen atoms in total. The van der Waals surface area contributed by atoms with E-state index in [2.05, 4.69) is 27.7 Å². The Morgan fingerprint density at radius 2 is 1.04 bits per heavy atom. The summed E-state index contributed by atoms with van der Waals surface area (Å²) in [6.45, 7) is 8.83. The lowest BCUT2D eigenvalue weighted by molar-refractivity contribution is 0.432. The highest BCUT2D eigenvalue weighted by Gasteiger charge is 2.18. The summed E-state index contributed by atoms with van der Waals surface area (Å²) >= 11 is 0. The summed E-state index contributed by atoms with van der Waals surface area (Å²) in [5, 5.41) is 0. The van der Waals surface area contributed by atoms with Crippen molar-refractivity contribution >= 4 is 0 Å². The van der Waals surface area contributed by atoms with Crippen molar-refractivity contribution < 1.29 is 4.42 Å². The van der Waals surface area contributed by atoms with E-state index < -0.39 is 0 Å². The van der Waals surface area contributed by atoms with Crippen LogP contribution in [-0.4, -0.2) is 0 Å². The lowest BCUT2D eigenvalue weighted by Crippen LogP contribution is -2.17. The normalized spacial score (nSPS) is 11.1. The van der Waals surface area contributed by atoms with Gasteiger partial charge in [0.05, 0.1) is 0 Å². The second kappa shape index (κ2) is 11.5. The molecule has 0 amide bonds. The first-order chi connectivity index (χ1) is 11.2. The van der Waals surface area contributed by atoms with E-state index in [0.29, 0.717) is 0 Å². The van der Waals surface area contributed by atoms with Gasteiger partial charge in [0.2, 0.25) is 0 Å². The maximum atomic E-state index is 12.6. The van der Waals surface area contributed by atoms with Gasteiger partial charge in [-0.3, -0.25) is 0 Å². The number of hydrogen-bond donors (Lipinski definition) is 0. The fourth-order valence-corrected chi connectivity index (χ4v) is 3.15. The second-order valence-electron chi connectivity index (χ2n) is 6.66. The molecule has 0 aromatic carbocycles. The molecule has 23 heavy (non-hydrogen) atoms. The highest BCUT2D eigenvalue weighted by molar-refractivity contribution is 5.36. The molecular weight excluding hydrogens is 284 g/mol. The third kappa shape index (κ3) is 6.16. The van der Waals surface area contributed by atoms with Crippen molar-refractivity contribution in [3.05, 3.63) is 32.9 Å². The molecule has 0 unspecified atom stereocenters. The predicted octanol–water partition coefficient (Wildman–Crippen LogP) is 6.01. The Balaban J connectivity index is 3.30. The van der Waals surface area contributed by atoms with Gasteiger partial charge in [-0.05, 0) is 56.1 Å². The first kappa shape index (κ1) is 20.0. The van der Waals surface area contributed by atoms with Gasteiger partial charge in [-0.2, -0.15) is 0 Å². The number of rotatable bonds is 12. The van der Waals surface area contributed by atoms with Gasteiger partial charge in [-0.15, -0.1) is 0 Å². The SMILES string of the molecule is CCCCc1oc(=O)c(CCCC)c(CCCC)c1CCCC. The Kier molecular flexibility index (Phi) is 9.98. The molecule has 0 radical (unpaired) electrons. The minimum absolute atomic E-state index is 0.0593. The Morgan fingerprint density at radius 3 is 1.57 bits per heavy atom. The molecular formula is C21H36O2. The summed E-state index contributed by atoms with van der Waals surface area (Å²) in [4.78, 5) is 12.6. The fourth-order valence-electron chi connectivity index (χ4n) is 3.15. The average molecular weight is 321 g/mol. The molecule has 0 bridgehead atoms. The molecule has 0 aliphatic rings. The van der Waals surface area contributed by atoms with Crippen molar-refractivity contribution in [3.8, 4) is 0 Å². The van der Waals surface area contributed by atoms with Crippen molar-refractivity contribution in [2.24, 2.45) is 0 Å². The highest BCUT2D eigenvalue weighted by atomic mass is 16.4. The van der Waals surface area contributed by atoms with E-state index in [1.54, 1.807) is 0 Å². The predicted molar refractivity (Wildman–Crippen MR) is 99.4 cm³/mol. The van der Waals surface area contributed by atoms with Crippen LogP contribution >= 0.6 is 0 Å². The number of unbranched alkanes of at least 4 members (excludes halogenated alkanes) is 4. The van der Waals surface area contributed by atoms with Crippen LogP contribution in [0.15, 0.2) is 9.21 Å². The number of hydrogen-bond acceptors (Lipinski definition) is 2. The maximum absolute atomic E-state index is 12.6. The van der Waals surface area contributed by atoms with E-state index in [9.17, 15) is 4.79 Å². The molecule has 0 aliphatic carbocycles. The quantitative estimate of drug-likeness (QED) is 0.472. The van der Waals surface area contributed by atoms with Crippen molar-refractivity contribution in [1.29, 1.82) is 0 Å². The van der Waals surface area contributed by atoms with Gasteiger partial charge in [0, 0.05) is 12.0 Å². The minimum Gasteiger partial charge on any atom is -0.427 e. The van der Waals surface area contributed by atoms with E-state index in [1.165, 1.54) is 30.4 Å². The highest BCUT2D eigenvalue weighted by Crippen LogP contribution is 2.24.